The molecule has 2 nitrogen and oxygen atoms in total. The van der Waals surface area contributed by atoms with Crippen LogP contribution in [0.1, 0.15) is 22.0 Å². The Bertz CT molecular complexity index is 488. The van der Waals surface area contributed by atoms with Crippen LogP contribution in [0.25, 0.3) is 0 Å². The lowest BCUT2D eigenvalue weighted by Gasteiger charge is -2.09. The SMILES string of the molecule is Cl.N#Cc1cccc([C@@H](N)c2cccs2)c1. The van der Waals surface area contributed by atoms with Crippen molar-refractivity contribution >= 4 is 23.7 Å². The second-order valence-electron chi connectivity index (χ2n) is 3.23. The molecule has 0 radical (unpaired) electrons. The Kier molecular flexibility index (Phi) is 4.51. The zero-order valence-electron chi connectivity index (χ0n) is 8.46. The van der Waals surface area contributed by atoms with Gasteiger partial charge in [0.05, 0.1) is 17.7 Å². The Morgan fingerprint density at radius 3 is 2.69 bits per heavy atom. The molecule has 2 N–H and O–H groups in total. The standard InChI is InChI=1S/C12H10N2S.ClH/c13-8-9-3-1-4-10(7-9)12(14)11-5-2-6-15-11;/h1-7,12H,14H2;1H/t12-;/m1./s1. The Morgan fingerprint density at radius 1 is 1.25 bits per heavy atom. The number of rotatable bonds is 2. The summed E-state index contributed by atoms with van der Waals surface area (Å²) in [6, 6.07) is 13.4. The van der Waals surface area contributed by atoms with E-state index in [1.165, 1.54) is 0 Å². The zero-order chi connectivity index (χ0) is 10.7. The van der Waals surface area contributed by atoms with Crippen LogP contribution in [-0.4, -0.2) is 0 Å². The van der Waals surface area contributed by atoms with Crippen molar-refractivity contribution in [2.75, 3.05) is 0 Å². The van der Waals surface area contributed by atoms with Crippen LogP contribution in [0.4, 0.5) is 0 Å². The zero-order valence-corrected chi connectivity index (χ0v) is 10.1. The van der Waals surface area contributed by atoms with Gasteiger partial charge in [0.25, 0.3) is 0 Å². The van der Waals surface area contributed by atoms with Crippen LogP contribution in [0.2, 0.25) is 0 Å². The van der Waals surface area contributed by atoms with E-state index in [9.17, 15) is 0 Å². The van der Waals surface area contributed by atoms with E-state index in [1.54, 1.807) is 17.4 Å². The minimum atomic E-state index is -0.127. The van der Waals surface area contributed by atoms with Gasteiger partial charge < -0.3 is 5.73 Å². The lowest BCUT2D eigenvalue weighted by atomic mass is 10.0. The van der Waals surface area contributed by atoms with Gasteiger partial charge in [-0.15, -0.1) is 23.7 Å². The number of hydrogen-bond acceptors (Lipinski definition) is 3. The number of hydrogen-bond donors (Lipinski definition) is 1. The van der Waals surface area contributed by atoms with E-state index >= 15 is 0 Å². The van der Waals surface area contributed by atoms with Crippen LogP contribution in [0.15, 0.2) is 41.8 Å². The summed E-state index contributed by atoms with van der Waals surface area (Å²) < 4.78 is 0. The lowest BCUT2D eigenvalue weighted by Crippen LogP contribution is -2.10. The van der Waals surface area contributed by atoms with Crippen molar-refractivity contribution in [3.63, 3.8) is 0 Å². The van der Waals surface area contributed by atoms with E-state index in [2.05, 4.69) is 6.07 Å². The van der Waals surface area contributed by atoms with Gasteiger partial charge in [-0.1, -0.05) is 18.2 Å². The van der Waals surface area contributed by atoms with E-state index in [4.69, 9.17) is 11.0 Å². The first-order valence-corrected chi connectivity index (χ1v) is 5.48. The molecule has 0 aliphatic carbocycles. The van der Waals surface area contributed by atoms with Crippen molar-refractivity contribution in [3.8, 4) is 6.07 Å². The summed E-state index contributed by atoms with van der Waals surface area (Å²) in [5.74, 6) is 0. The maximum absolute atomic E-state index is 8.79. The Morgan fingerprint density at radius 2 is 2.06 bits per heavy atom. The number of thiophene rings is 1. The largest absolute Gasteiger partial charge is 0.320 e. The van der Waals surface area contributed by atoms with E-state index in [-0.39, 0.29) is 18.4 Å². The fourth-order valence-corrected chi connectivity index (χ4v) is 2.19. The minimum absolute atomic E-state index is 0. The maximum atomic E-state index is 8.79. The number of nitrogens with zero attached hydrogens (tertiary/aromatic N) is 1. The second kappa shape index (κ2) is 5.66. The highest BCUT2D eigenvalue weighted by molar-refractivity contribution is 7.10. The van der Waals surface area contributed by atoms with Crippen molar-refractivity contribution in [2.45, 2.75) is 6.04 Å². The van der Waals surface area contributed by atoms with Crippen molar-refractivity contribution < 1.29 is 0 Å². The first kappa shape index (κ1) is 12.7. The van der Waals surface area contributed by atoms with Gasteiger partial charge in [-0.25, -0.2) is 0 Å². The summed E-state index contributed by atoms with van der Waals surface area (Å²) in [6.07, 6.45) is 0. The Labute approximate surface area is 105 Å². The van der Waals surface area contributed by atoms with Crippen molar-refractivity contribution in [1.82, 2.24) is 0 Å². The van der Waals surface area contributed by atoms with E-state index in [1.807, 2.05) is 35.7 Å². The predicted octanol–water partition coefficient (Wildman–Crippen LogP) is 3.09. The molecule has 2 aromatic rings. The molecule has 2 rings (SSSR count). The monoisotopic (exact) mass is 250 g/mol. The molecule has 0 amide bonds. The molecule has 0 aliphatic rings. The third-order valence-corrected chi connectivity index (χ3v) is 3.18. The fraction of sp³-hybridized carbons (Fsp3) is 0.0833. The summed E-state index contributed by atoms with van der Waals surface area (Å²) in [4.78, 5) is 1.12. The predicted molar refractivity (Wildman–Crippen MR) is 68.8 cm³/mol. The first-order chi connectivity index (χ1) is 7.31. The summed E-state index contributed by atoms with van der Waals surface area (Å²) in [5, 5.41) is 10.8. The summed E-state index contributed by atoms with van der Waals surface area (Å²) in [6.45, 7) is 0. The van der Waals surface area contributed by atoms with Gasteiger partial charge in [-0.05, 0) is 29.1 Å². The summed E-state index contributed by atoms with van der Waals surface area (Å²) in [5.41, 5.74) is 7.72. The average Bonchev–Trinajstić information content (AvgIpc) is 2.81. The highest BCUT2D eigenvalue weighted by Gasteiger charge is 2.09. The summed E-state index contributed by atoms with van der Waals surface area (Å²) in [7, 11) is 0. The van der Waals surface area contributed by atoms with E-state index < -0.39 is 0 Å². The van der Waals surface area contributed by atoms with Crippen molar-refractivity contribution in [2.24, 2.45) is 5.73 Å². The maximum Gasteiger partial charge on any atom is 0.0991 e. The van der Waals surface area contributed by atoms with Gasteiger partial charge in [0.1, 0.15) is 0 Å². The van der Waals surface area contributed by atoms with Crippen molar-refractivity contribution in [1.29, 1.82) is 5.26 Å². The smallest absolute Gasteiger partial charge is 0.0991 e. The molecule has 1 aromatic heterocycles. The first-order valence-electron chi connectivity index (χ1n) is 4.60. The molecule has 1 aromatic carbocycles. The van der Waals surface area contributed by atoms with Gasteiger partial charge in [0.2, 0.25) is 0 Å². The Hall–Kier alpha value is -1.34. The molecule has 4 heteroatoms. The Balaban J connectivity index is 0.00000128. The van der Waals surface area contributed by atoms with E-state index in [0.717, 1.165) is 10.4 Å². The second-order valence-corrected chi connectivity index (χ2v) is 4.21. The molecule has 1 atom stereocenters. The molecule has 16 heavy (non-hydrogen) atoms. The normalized spacial score (nSPS) is 11.2. The van der Waals surface area contributed by atoms with Gasteiger partial charge in [0.15, 0.2) is 0 Å². The van der Waals surface area contributed by atoms with Crippen LogP contribution in [0, 0.1) is 11.3 Å². The van der Waals surface area contributed by atoms with E-state index in [0.29, 0.717) is 5.56 Å². The molecule has 0 saturated heterocycles. The van der Waals surface area contributed by atoms with Crippen molar-refractivity contribution in [3.05, 3.63) is 57.8 Å². The number of halogens is 1. The van der Waals surface area contributed by atoms with Crippen LogP contribution >= 0.6 is 23.7 Å². The lowest BCUT2D eigenvalue weighted by molar-refractivity contribution is 0.893. The number of nitrogens with two attached hydrogens (primary N) is 1. The number of nitriles is 1. The van der Waals surface area contributed by atoms with Crippen LogP contribution in [-0.2, 0) is 0 Å². The van der Waals surface area contributed by atoms with Crippen LogP contribution in [0.5, 0.6) is 0 Å². The molecule has 0 bridgehead atoms. The fourth-order valence-electron chi connectivity index (χ4n) is 1.43. The van der Waals surface area contributed by atoms with Crippen LogP contribution in [0.3, 0.4) is 0 Å². The molecule has 1 heterocycles. The molecule has 82 valence electrons. The van der Waals surface area contributed by atoms with Crippen LogP contribution < -0.4 is 5.73 Å². The van der Waals surface area contributed by atoms with Gasteiger partial charge >= 0.3 is 0 Å². The molecular weight excluding hydrogens is 240 g/mol. The molecule has 0 fully saturated rings. The highest BCUT2D eigenvalue weighted by Crippen LogP contribution is 2.23. The molecule has 0 aliphatic heterocycles. The highest BCUT2D eigenvalue weighted by atomic mass is 35.5. The third kappa shape index (κ3) is 2.61. The van der Waals surface area contributed by atoms with Gasteiger partial charge in [0, 0.05) is 4.88 Å². The molecular formula is C12H11ClN2S. The van der Waals surface area contributed by atoms with Gasteiger partial charge in [-0.2, -0.15) is 5.26 Å². The van der Waals surface area contributed by atoms with Gasteiger partial charge in [-0.3, -0.25) is 0 Å². The summed E-state index contributed by atoms with van der Waals surface area (Å²) >= 11 is 1.63. The molecule has 0 unspecified atom stereocenters. The number of benzene rings is 1. The topological polar surface area (TPSA) is 49.8 Å². The quantitative estimate of drug-likeness (QED) is 0.891. The molecule has 0 spiro atoms. The minimum Gasteiger partial charge on any atom is -0.320 e. The third-order valence-electron chi connectivity index (χ3n) is 2.22. The molecule has 0 saturated carbocycles. The average molecular weight is 251 g/mol.